The zero-order valence-electron chi connectivity index (χ0n) is 10.6. The molecule has 6 heteroatoms. The second kappa shape index (κ2) is 8.02. The van der Waals surface area contributed by atoms with E-state index in [1.165, 1.54) is 0 Å². The van der Waals surface area contributed by atoms with Crippen LogP contribution in [-0.2, 0) is 9.59 Å². The Morgan fingerprint density at radius 1 is 1.16 bits per heavy atom. The molecule has 0 atom stereocenters. The summed E-state index contributed by atoms with van der Waals surface area (Å²) >= 11 is 11.6. The first-order chi connectivity index (χ1) is 9.02. The maximum absolute atomic E-state index is 11.6. The van der Waals surface area contributed by atoms with Crippen LogP contribution in [0.1, 0.15) is 26.2 Å². The third-order valence-corrected chi connectivity index (χ3v) is 3.15. The smallest absolute Gasteiger partial charge is 0.243 e. The molecule has 104 valence electrons. The topological polar surface area (TPSA) is 58.2 Å². The summed E-state index contributed by atoms with van der Waals surface area (Å²) in [5.41, 5.74) is 0.544. The summed E-state index contributed by atoms with van der Waals surface area (Å²) in [6, 6.07) is 4.80. The molecule has 4 nitrogen and oxygen atoms in total. The van der Waals surface area contributed by atoms with Crippen molar-refractivity contribution in [2.24, 2.45) is 0 Å². The van der Waals surface area contributed by atoms with Crippen molar-refractivity contribution in [3.05, 3.63) is 28.2 Å². The van der Waals surface area contributed by atoms with Crippen LogP contribution in [0.4, 0.5) is 5.69 Å². The fourth-order valence-electron chi connectivity index (χ4n) is 1.38. The van der Waals surface area contributed by atoms with E-state index in [1.54, 1.807) is 18.2 Å². The van der Waals surface area contributed by atoms with Gasteiger partial charge in [-0.1, -0.05) is 36.5 Å². The van der Waals surface area contributed by atoms with Gasteiger partial charge in [-0.2, -0.15) is 0 Å². The first-order valence-corrected chi connectivity index (χ1v) is 6.80. The van der Waals surface area contributed by atoms with Gasteiger partial charge in [0, 0.05) is 12.1 Å². The van der Waals surface area contributed by atoms with Crippen LogP contribution < -0.4 is 10.6 Å². The maximum atomic E-state index is 11.6. The number of unbranched alkanes of at least 4 members (excludes halogenated alkanes) is 1. The van der Waals surface area contributed by atoms with Crippen molar-refractivity contribution in [3.63, 3.8) is 0 Å². The lowest BCUT2D eigenvalue weighted by molar-refractivity contribution is -0.124. The Morgan fingerprint density at radius 2 is 1.89 bits per heavy atom. The second-order valence-electron chi connectivity index (χ2n) is 4.06. The Kier molecular flexibility index (Phi) is 6.67. The first kappa shape index (κ1) is 15.8. The summed E-state index contributed by atoms with van der Waals surface area (Å²) in [4.78, 5) is 22.9. The molecular formula is C13H16Cl2N2O2. The standard InChI is InChI=1S/C13H16Cl2N2O2/c1-2-3-4-12(18)16-8-13(19)17-9-5-6-10(14)11(15)7-9/h5-7H,2-4,8H2,1H3,(H,16,18)(H,17,19). The summed E-state index contributed by atoms with van der Waals surface area (Å²) in [7, 11) is 0. The van der Waals surface area contributed by atoms with Gasteiger partial charge < -0.3 is 10.6 Å². The Morgan fingerprint density at radius 3 is 2.53 bits per heavy atom. The van der Waals surface area contributed by atoms with Crippen LogP contribution in [0.15, 0.2) is 18.2 Å². The summed E-state index contributed by atoms with van der Waals surface area (Å²) in [5, 5.41) is 5.97. The number of hydrogen-bond acceptors (Lipinski definition) is 2. The van der Waals surface area contributed by atoms with E-state index in [1.807, 2.05) is 6.92 Å². The Bertz CT molecular complexity index is 464. The normalized spacial score (nSPS) is 10.1. The fraction of sp³-hybridized carbons (Fsp3) is 0.385. The third-order valence-electron chi connectivity index (χ3n) is 2.41. The quantitative estimate of drug-likeness (QED) is 0.847. The maximum Gasteiger partial charge on any atom is 0.243 e. The Hall–Kier alpha value is -1.26. The molecule has 0 aliphatic heterocycles. The summed E-state index contributed by atoms with van der Waals surface area (Å²) < 4.78 is 0. The van der Waals surface area contributed by atoms with E-state index >= 15 is 0 Å². The van der Waals surface area contributed by atoms with Crippen molar-refractivity contribution < 1.29 is 9.59 Å². The number of nitrogens with one attached hydrogen (secondary N) is 2. The highest BCUT2D eigenvalue weighted by molar-refractivity contribution is 6.42. The molecule has 0 spiro atoms. The molecule has 0 aliphatic carbocycles. The van der Waals surface area contributed by atoms with Gasteiger partial charge in [0.15, 0.2) is 0 Å². The molecule has 2 N–H and O–H groups in total. The van der Waals surface area contributed by atoms with Crippen LogP contribution in [0.5, 0.6) is 0 Å². The molecular weight excluding hydrogens is 287 g/mol. The van der Waals surface area contributed by atoms with Crippen molar-refractivity contribution in [2.45, 2.75) is 26.2 Å². The van der Waals surface area contributed by atoms with Crippen molar-refractivity contribution >= 4 is 40.7 Å². The number of amides is 2. The number of carbonyl (C=O) groups excluding carboxylic acids is 2. The van der Waals surface area contributed by atoms with Crippen LogP contribution in [-0.4, -0.2) is 18.4 Å². The van der Waals surface area contributed by atoms with E-state index in [9.17, 15) is 9.59 Å². The summed E-state index contributed by atoms with van der Waals surface area (Å²) in [5.74, 6) is -0.422. The predicted octanol–water partition coefficient (Wildman–Crippen LogP) is 3.24. The van der Waals surface area contributed by atoms with Crippen LogP contribution >= 0.6 is 23.2 Å². The van der Waals surface area contributed by atoms with Crippen LogP contribution in [0.3, 0.4) is 0 Å². The average molecular weight is 303 g/mol. The highest BCUT2D eigenvalue weighted by atomic mass is 35.5. The number of carbonyl (C=O) groups is 2. The van der Waals surface area contributed by atoms with E-state index in [2.05, 4.69) is 10.6 Å². The summed E-state index contributed by atoms with van der Waals surface area (Å²) in [6.07, 6.45) is 2.21. The van der Waals surface area contributed by atoms with Gasteiger partial charge in [-0.15, -0.1) is 0 Å². The minimum Gasteiger partial charge on any atom is -0.347 e. The zero-order chi connectivity index (χ0) is 14.3. The SMILES string of the molecule is CCCCC(=O)NCC(=O)Nc1ccc(Cl)c(Cl)c1. The molecule has 0 fully saturated rings. The number of hydrogen-bond donors (Lipinski definition) is 2. The van der Waals surface area contributed by atoms with Crippen LogP contribution in [0, 0.1) is 0 Å². The van der Waals surface area contributed by atoms with Crippen LogP contribution in [0.2, 0.25) is 10.0 Å². The second-order valence-corrected chi connectivity index (χ2v) is 4.87. The molecule has 0 radical (unpaired) electrons. The lowest BCUT2D eigenvalue weighted by Gasteiger charge is -2.07. The number of benzene rings is 1. The van der Waals surface area contributed by atoms with Gasteiger partial charge in [0.05, 0.1) is 16.6 Å². The van der Waals surface area contributed by atoms with Crippen molar-refractivity contribution in [2.75, 3.05) is 11.9 Å². The molecule has 1 rings (SSSR count). The van der Waals surface area contributed by atoms with E-state index < -0.39 is 0 Å². The molecule has 0 heterocycles. The lowest BCUT2D eigenvalue weighted by atomic mass is 10.2. The van der Waals surface area contributed by atoms with E-state index in [-0.39, 0.29) is 18.4 Å². The average Bonchev–Trinajstić information content (AvgIpc) is 2.38. The highest BCUT2D eigenvalue weighted by Gasteiger charge is 2.06. The monoisotopic (exact) mass is 302 g/mol. The van der Waals surface area contributed by atoms with Gasteiger partial charge in [0.25, 0.3) is 0 Å². The van der Waals surface area contributed by atoms with Gasteiger partial charge >= 0.3 is 0 Å². The highest BCUT2D eigenvalue weighted by Crippen LogP contribution is 2.24. The molecule has 0 unspecified atom stereocenters. The molecule has 0 saturated heterocycles. The van der Waals surface area contributed by atoms with E-state index in [0.717, 1.165) is 12.8 Å². The van der Waals surface area contributed by atoms with Gasteiger partial charge in [-0.05, 0) is 24.6 Å². The van der Waals surface area contributed by atoms with Gasteiger partial charge in [0.2, 0.25) is 11.8 Å². The van der Waals surface area contributed by atoms with Gasteiger partial charge in [0.1, 0.15) is 0 Å². The Labute approximate surface area is 122 Å². The first-order valence-electron chi connectivity index (χ1n) is 6.04. The molecule has 0 aromatic heterocycles. The summed E-state index contributed by atoms with van der Waals surface area (Å²) in [6.45, 7) is 1.95. The van der Waals surface area contributed by atoms with E-state index in [4.69, 9.17) is 23.2 Å². The van der Waals surface area contributed by atoms with Crippen LogP contribution in [0.25, 0.3) is 0 Å². The molecule has 19 heavy (non-hydrogen) atoms. The molecule has 0 aliphatic rings. The zero-order valence-corrected chi connectivity index (χ0v) is 12.1. The van der Waals surface area contributed by atoms with E-state index in [0.29, 0.717) is 22.2 Å². The largest absolute Gasteiger partial charge is 0.347 e. The molecule has 0 bridgehead atoms. The third kappa shape index (κ3) is 5.94. The predicted molar refractivity (Wildman–Crippen MR) is 77.6 cm³/mol. The molecule has 1 aromatic rings. The lowest BCUT2D eigenvalue weighted by Crippen LogP contribution is -2.32. The van der Waals surface area contributed by atoms with Gasteiger partial charge in [-0.3, -0.25) is 9.59 Å². The minimum atomic E-state index is -0.303. The molecule has 2 amide bonds. The minimum absolute atomic E-state index is 0.0528. The fourth-order valence-corrected chi connectivity index (χ4v) is 1.68. The number of halogens is 2. The molecule has 1 aromatic carbocycles. The number of anilines is 1. The Balaban J connectivity index is 2.38. The van der Waals surface area contributed by atoms with Crippen molar-refractivity contribution in [1.29, 1.82) is 0 Å². The number of rotatable bonds is 6. The molecule has 0 saturated carbocycles. The van der Waals surface area contributed by atoms with Crippen molar-refractivity contribution in [3.8, 4) is 0 Å². The van der Waals surface area contributed by atoms with Gasteiger partial charge in [-0.25, -0.2) is 0 Å². The van der Waals surface area contributed by atoms with Crippen molar-refractivity contribution in [1.82, 2.24) is 5.32 Å².